The lowest BCUT2D eigenvalue weighted by Crippen LogP contribution is -2.46. The van der Waals surface area contributed by atoms with Crippen LogP contribution in [0.1, 0.15) is 26.2 Å². The van der Waals surface area contributed by atoms with Crippen LogP contribution in [0.15, 0.2) is 0 Å². The monoisotopic (exact) mass is 283 g/mol. The minimum Gasteiger partial charge on any atom is -0.375 e. The van der Waals surface area contributed by atoms with Gasteiger partial charge in [-0.3, -0.25) is 9.59 Å². The van der Waals surface area contributed by atoms with Crippen LogP contribution in [-0.2, 0) is 14.3 Å². The smallest absolute Gasteiger partial charge is 0.225 e. The van der Waals surface area contributed by atoms with E-state index in [1.807, 2.05) is 11.8 Å². The van der Waals surface area contributed by atoms with Gasteiger partial charge in [0.25, 0.3) is 0 Å². The molecule has 0 aliphatic carbocycles. The van der Waals surface area contributed by atoms with E-state index in [2.05, 4.69) is 10.6 Å². The van der Waals surface area contributed by atoms with Crippen molar-refractivity contribution in [3.8, 4) is 0 Å². The molecule has 2 amide bonds. The normalized spacial score (nSPS) is 24.4. The molecule has 0 aromatic rings. The molecule has 6 heteroatoms. The van der Waals surface area contributed by atoms with Crippen LogP contribution < -0.4 is 10.6 Å². The van der Waals surface area contributed by atoms with E-state index < -0.39 is 0 Å². The van der Waals surface area contributed by atoms with Gasteiger partial charge in [0.1, 0.15) is 0 Å². The van der Waals surface area contributed by atoms with Crippen molar-refractivity contribution in [1.82, 2.24) is 15.5 Å². The molecule has 2 N–H and O–H groups in total. The first-order chi connectivity index (χ1) is 9.70. The van der Waals surface area contributed by atoms with Crippen molar-refractivity contribution in [3.05, 3.63) is 0 Å². The molecule has 2 aliphatic rings. The van der Waals surface area contributed by atoms with Crippen LogP contribution in [0.5, 0.6) is 0 Å². The van der Waals surface area contributed by atoms with Crippen LogP contribution in [0.3, 0.4) is 0 Å². The quantitative estimate of drug-likeness (QED) is 0.746. The zero-order valence-electron chi connectivity index (χ0n) is 12.2. The Balaban J connectivity index is 1.72. The Morgan fingerprint density at radius 1 is 1.35 bits per heavy atom. The highest BCUT2D eigenvalue weighted by atomic mass is 16.5. The van der Waals surface area contributed by atoms with E-state index >= 15 is 0 Å². The maximum Gasteiger partial charge on any atom is 0.225 e. The number of likely N-dealkylation sites (tertiary alicyclic amines) is 1. The van der Waals surface area contributed by atoms with Gasteiger partial charge in [0, 0.05) is 38.6 Å². The fraction of sp³-hybridized carbons (Fsp3) is 0.857. The van der Waals surface area contributed by atoms with E-state index in [1.165, 1.54) is 0 Å². The molecule has 20 heavy (non-hydrogen) atoms. The first-order valence-corrected chi connectivity index (χ1v) is 7.58. The Morgan fingerprint density at radius 3 is 2.70 bits per heavy atom. The summed E-state index contributed by atoms with van der Waals surface area (Å²) >= 11 is 0. The lowest BCUT2D eigenvalue weighted by Gasteiger charge is -2.33. The molecule has 2 aliphatic heterocycles. The molecule has 2 rings (SSSR count). The van der Waals surface area contributed by atoms with Crippen molar-refractivity contribution in [2.45, 2.75) is 32.3 Å². The Bertz CT molecular complexity index is 335. The lowest BCUT2D eigenvalue weighted by molar-refractivity contribution is -0.138. The van der Waals surface area contributed by atoms with Gasteiger partial charge in [0.05, 0.1) is 19.1 Å². The van der Waals surface area contributed by atoms with Crippen molar-refractivity contribution in [1.29, 1.82) is 0 Å². The first kappa shape index (κ1) is 15.3. The number of hydrogen-bond donors (Lipinski definition) is 2. The van der Waals surface area contributed by atoms with E-state index in [1.54, 1.807) is 0 Å². The molecule has 2 fully saturated rings. The molecule has 6 nitrogen and oxygen atoms in total. The molecule has 0 bridgehead atoms. The average molecular weight is 283 g/mol. The standard InChI is InChI=1S/C14H25N3O3/c1-2-16-14(19)11-3-6-17(7-4-11)13(18)9-12-10-15-5-8-20-12/h11-12,15H,2-10H2,1H3,(H,16,19). The summed E-state index contributed by atoms with van der Waals surface area (Å²) in [4.78, 5) is 25.8. The van der Waals surface area contributed by atoms with Gasteiger partial charge in [-0.2, -0.15) is 0 Å². The third-order valence-corrected chi connectivity index (χ3v) is 3.98. The minimum atomic E-state index is -0.00244. The van der Waals surface area contributed by atoms with Crippen LogP contribution >= 0.6 is 0 Å². The van der Waals surface area contributed by atoms with Crippen molar-refractivity contribution < 1.29 is 14.3 Å². The van der Waals surface area contributed by atoms with Gasteiger partial charge in [-0.05, 0) is 19.8 Å². The van der Waals surface area contributed by atoms with Crippen LogP contribution in [0, 0.1) is 5.92 Å². The molecule has 0 saturated carbocycles. The summed E-state index contributed by atoms with van der Waals surface area (Å²) in [7, 11) is 0. The number of hydrogen-bond acceptors (Lipinski definition) is 4. The molecule has 2 heterocycles. The second kappa shape index (κ2) is 7.59. The van der Waals surface area contributed by atoms with E-state index in [9.17, 15) is 9.59 Å². The minimum absolute atomic E-state index is 0.00244. The van der Waals surface area contributed by atoms with Crippen molar-refractivity contribution >= 4 is 11.8 Å². The second-order valence-corrected chi connectivity index (χ2v) is 5.45. The molecular weight excluding hydrogens is 258 g/mol. The number of morpholine rings is 1. The number of nitrogens with one attached hydrogen (secondary N) is 2. The van der Waals surface area contributed by atoms with Crippen LogP contribution in [0.25, 0.3) is 0 Å². The van der Waals surface area contributed by atoms with Gasteiger partial charge in [-0.1, -0.05) is 0 Å². The number of carbonyl (C=O) groups excluding carboxylic acids is 2. The number of amides is 2. The number of rotatable bonds is 4. The highest BCUT2D eigenvalue weighted by Gasteiger charge is 2.28. The maximum atomic E-state index is 12.2. The number of ether oxygens (including phenoxy) is 1. The number of carbonyl (C=O) groups is 2. The summed E-state index contributed by atoms with van der Waals surface area (Å²) in [6, 6.07) is 0. The van der Waals surface area contributed by atoms with Crippen LogP contribution in [0.4, 0.5) is 0 Å². The fourth-order valence-corrected chi connectivity index (χ4v) is 2.78. The SMILES string of the molecule is CCNC(=O)C1CCN(C(=O)CC2CNCCO2)CC1. The Morgan fingerprint density at radius 2 is 2.10 bits per heavy atom. The van der Waals surface area contributed by atoms with Gasteiger partial charge < -0.3 is 20.3 Å². The summed E-state index contributed by atoms with van der Waals surface area (Å²) in [5.74, 6) is 0.332. The highest BCUT2D eigenvalue weighted by molar-refractivity contribution is 5.80. The van der Waals surface area contributed by atoms with Gasteiger partial charge in [-0.25, -0.2) is 0 Å². The van der Waals surface area contributed by atoms with E-state index in [0.29, 0.717) is 32.7 Å². The first-order valence-electron chi connectivity index (χ1n) is 7.58. The Labute approximate surface area is 120 Å². The van der Waals surface area contributed by atoms with Crippen molar-refractivity contribution in [2.24, 2.45) is 5.92 Å². The number of piperidine rings is 1. The zero-order chi connectivity index (χ0) is 14.4. The molecule has 0 aromatic heterocycles. The average Bonchev–Trinajstić information content (AvgIpc) is 2.48. The fourth-order valence-electron chi connectivity index (χ4n) is 2.78. The Kier molecular flexibility index (Phi) is 5.79. The molecule has 1 atom stereocenters. The third-order valence-electron chi connectivity index (χ3n) is 3.98. The van der Waals surface area contributed by atoms with E-state index in [0.717, 1.165) is 25.9 Å². The molecule has 2 saturated heterocycles. The van der Waals surface area contributed by atoms with Crippen molar-refractivity contribution in [3.63, 3.8) is 0 Å². The molecule has 1 unspecified atom stereocenters. The summed E-state index contributed by atoms with van der Waals surface area (Å²) in [6.07, 6.45) is 1.97. The topological polar surface area (TPSA) is 70.7 Å². The van der Waals surface area contributed by atoms with Gasteiger partial charge in [0.15, 0.2) is 0 Å². The van der Waals surface area contributed by atoms with Crippen LogP contribution in [-0.4, -0.2) is 62.1 Å². The van der Waals surface area contributed by atoms with E-state index in [4.69, 9.17) is 4.74 Å². The summed E-state index contributed by atoms with van der Waals surface area (Å²) in [5, 5.41) is 6.08. The largest absolute Gasteiger partial charge is 0.375 e. The van der Waals surface area contributed by atoms with Crippen LogP contribution in [0.2, 0.25) is 0 Å². The van der Waals surface area contributed by atoms with Gasteiger partial charge >= 0.3 is 0 Å². The van der Waals surface area contributed by atoms with Gasteiger partial charge in [-0.15, -0.1) is 0 Å². The Hall–Kier alpha value is -1.14. The molecule has 0 aromatic carbocycles. The molecule has 114 valence electrons. The molecule has 0 radical (unpaired) electrons. The summed E-state index contributed by atoms with van der Waals surface area (Å²) in [5.41, 5.74) is 0. The van der Waals surface area contributed by atoms with Crippen molar-refractivity contribution in [2.75, 3.05) is 39.3 Å². The second-order valence-electron chi connectivity index (χ2n) is 5.45. The zero-order valence-corrected chi connectivity index (χ0v) is 12.2. The van der Waals surface area contributed by atoms with Gasteiger partial charge in [0.2, 0.25) is 11.8 Å². The molecule has 0 spiro atoms. The molecular formula is C14H25N3O3. The highest BCUT2D eigenvalue weighted by Crippen LogP contribution is 2.18. The lowest BCUT2D eigenvalue weighted by atomic mass is 9.95. The summed E-state index contributed by atoms with van der Waals surface area (Å²) < 4.78 is 5.56. The predicted molar refractivity (Wildman–Crippen MR) is 75.2 cm³/mol. The number of nitrogens with zero attached hydrogens (tertiary/aromatic N) is 1. The maximum absolute atomic E-state index is 12.2. The predicted octanol–water partition coefficient (Wildman–Crippen LogP) is -0.260. The van der Waals surface area contributed by atoms with E-state index in [-0.39, 0.29) is 23.8 Å². The third kappa shape index (κ3) is 4.18. The summed E-state index contributed by atoms with van der Waals surface area (Å²) in [6.45, 7) is 6.25.